The fourth-order valence-corrected chi connectivity index (χ4v) is 4.20. The van der Waals surface area contributed by atoms with Crippen LogP contribution in [0.15, 0.2) is 42.0 Å². The van der Waals surface area contributed by atoms with Crippen LogP contribution >= 0.6 is 0 Å². The zero-order chi connectivity index (χ0) is 26.6. The maximum absolute atomic E-state index is 12.8. The Hall–Kier alpha value is -3.54. The average molecular weight is 516 g/mol. The fourth-order valence-electron chi connectivity index (χ4n) is 4.20. The number of carbonyl (C=O) groups excluding carboxylic acids is 4. The summed E-state index contributed by atoms with van der Waals surface area (Å²) < 4.78 is 26.9. The van der Waals surface area contributed by atoms with E-state index in [1.54, 1.807) is 44.2 Å². The van der Waals surface area contributed by atoms with Crippen molar-refractivity contribution in [2.24, 2.45) is 5.41 Å². The molecule has 2 heterocycles. The smallest absolute Gasteiger partial charge is 0.348 e. The Balaban J connectivity index is 1.35. The van der Waals surface area contributed by atoms with E-state index in [0.29, 0.717) is 11.1 Å². The van der Waals surface area contributed by atoms with Crippen molar-refractivity contribution in [2.75, 3.05) is 26.6 Å². The molecule has 0 saturated carbocycles. The van der Waals surface area contributed by atoms with Crippen molar-refractivity contribution >= 4 is 29.9 Å². The lowest BCUT2D eigenvalue weighted by atomic mass is 9.90. The highest BCUT2D eigenvalue weighted by Gasteiger charge is 2.46. The Morgan fingerprint density at radius 2 is 1.92 bits per heavy atom. The Bertz CT molecular complexity index is 1110. The van der Waals surface area contributed by atoms with Crippen molar-refractivity contribution in [2.45, 2.75) is 44.7 Å². The Labute approximate surface area is 213 Å². The molecule has 2 saturated heterocycles. The van der Waals surface area contributed by atoms with Crippen LogP contribution in [0, 0.1) is 5.41 Å². The lowest BCUT2D eigenvalue weighted by molar-refractivity contribution is -0.159. The van der Waals surface area contributed by atoms with Gasteiger partial charge < -0.3 is 34.1 Å². The van der Waals surface area contributed by atoms with Gasteiger partial charge in [-0.05, 0) is 29.8 Å². The molecule has 11 heteroatoms. The van der Waals surface area contributed by atoms with Crippen LogP contribution in [0.4, 0.5) is 0 Å². The number of aliphatic hydroxyl groups excluding tert-OH is 1. The van der Waals surface area contributed by atoms with Gasteiger partial charge in [0, 0.05) is 30.0 Å². The van der Waals surface area contributed by atoms with Gasteiger partial charge in [-0.3, -0.25) is 4.79 Å². The van der Waals surface area contributed by atoms with E-state index in [0.717, 1.165) is 0 Å². The average Bonchev–Trinajstić information content (AvgIpc) is 3.46. The minimum Gasteiger partial charge on any atom is -0.462 e. The van der Waals surface area contributed by atoms with E-state index in [4.69, 9.17) is 28.8 Å². The molecule has 4 unspecified atom stereocenters. The Kier molecular flexibility index (Phi) is 8.06. The number of ether oxygens (including phenoxy) is 5. The highest BCUT2D eigenvalue weighted by atomic mass is 16.7. The van der Waals surface area contributed by atoms with Crippen molar-refractivity contribution < 1.29 is 48.0 Å². The van der Waals surface area contributed by atoms with Crippen molar-refractivity contribution in [3.8, 4) is 0 Å². The van der Waals surface area contributed by atoms with Crippen LogP contribution in [0.5, 0.6) is 0 Å². The Morgan fingerprint density at radius 1 is 1.16 bits per heavy atom. The molecular weight excluding hydrogens is 486 g/mol. The second kappa shape index (κ2) is 11.2. The number of hydrogen-bond acceptors (Lipinski definition) is 10. The first-order valence-corrected chi connectivity index (χ1v) is 11.9. The van der Waals surface area contributed by atoms with Gasteiger partial charge in [-0.25, -0.2) is 14.4 Å². The maximum Gasteiger partial charge on any atom is 0.348 e. The van der Waals surface area contributed by atoms with Crippen molar-refractivity contribution in [3.05, 3.63) is 53.1 Å². The van der Waals surface area contributed by atoms with E-state index in [1.807, 2.05) is 0 Å². The summed E-state index contributed by atoms with van der Waals surface area (Å²) in [6, 6.07) is 6.34. The zero-order valence-electron chi connectivity index (χ0n) is 20.5. The van der Waals surface area contributed by atoms with Crippen LogP contribution < -0.4 is 5.32 Å². The molecule has 0 bridgehead atoms. The van der Waals surface area contributed by atoms with E-state index in [9.17, 15) is 19.2 Å². The third-order valence-electron chi connectivity index (χ3n) is 6.25. The van der Waals surface area contributed by atoms with Crippen molar-refractivity contribution in [3.63, 3.8) is 0 Å². The second-order valence-corrected chi connectivity index (χ2v) is 9.57. The number of cyclic esters (lactones) is 1. The lowest BCUT2D eigenvalue weighted by Gasteiger charge is -2.30. The summed E-state index contributed by atoms with van der Waals surface area (Å²) in [4.78, 5) is 49.1. The molecule has 11 nitrogen and oxygen atoms in total. The summed E-state index contributed by atoms with van der Waals surface area (Å²) >= 11 is 0. The molecule has 3 aliphatic rings. The quantitative estimate of drug-likeness (QED) is 0.291. The number of esters is 3. The van der Waals surface area contributed by atoms with Crippen LogP contribution in [0.3, 0.4) is 0 Å². The number of hydrogen-bond donors (Lipinski definition) is 2. The van der Waals surface area contributed by atoms with Gasteiger partial charge in [0.25, 0.3) is 0 Å². The molecule has 1 aromatic carbocycles. The number of carbonyl (C=O) groups is 4. The van der Waals surface area contributed by atoms with Gasteiger partial charge in [-0.15, -0.1) is 0 Å². The molecular formula is C26H29NO10. The summed E-state index contributed by atoms with van der Waals surface area (Å²) in [5, 5.41) is 11.5. The van der Waals surface area contributed by atoms with E-state index in [-0.39, 0.29) is 44.4 Å². The molecule has 1 aromatic rings. The van der Waals surface area contributed by atoms with E-state index in [1.165, 1.54) is 12.2 Å². The minimum absolute atomic E-state index is 0.0221. The van der Waals surface area contributed by atoms with E-state index < -0.39 is 47.7 Å². The largest absolute Gasteiger partial charge is 0.462 e. The van der Waals surface area contributed by atoms with Crippen molar-refractivity contribution in [1.82, 2.24) is 5.32 Å². The molecule has 0 spiro atoms. The van der Waals surface area contributed by atoms with Gasteiger partial charge in [-0.2, -0.15) is 0 Å². The summed E-state index contributed by atoms with van der Waals surface area (Å²) in [6.07, 6.45) is 1.73. The standard InChI is InChI=1S/C26H29NO10/c1-26(2)13-33-25(32)22(26)37-20(29)8-5-15-3-6-16(7-4-15)24(31)36-19-12-17(23(30)27-9-10-28)11-18-21(19)35-14-34-18/h3-8,11,18-19,21-22,28H,9-10,12-14H2,1-2H3,(H,27,30). The summed E-state index contributed by atoms with van der Waals surface area (Å²) in [5.41, 5.74) is 0.681. The second-order valence-electron chi connectivity index (χ2n) is 9.57. The van der Waals surface area contributed by atoms with Gasteiger partial charge >= 0.3 is 17.9 Å². The molecule has 2 fully saturated rings. The number of fused-ring (bicyclic) bond motifs is 1. The third kappa shape index (κ3) is 6.24. The predicted octanol–water partition coefficient (Wildman–Crippen LogP) is 0.900. The fraction of sp³-hybridized carbons (Fsp3) is 0.462. The third-order valence-corrected chi connectivity index (χ3v) is 6.25. The molecule has 0 radical (unpaired) electrons. The molecule has 4 rings (SSSR count). The number of amides is 1. The number of benzene rings is 1. The normalized spacial score (nSPS) is 26.2. The highest BCUT2D eigenvalue weighted by Crippen LogP contribution is 2.32. The number of aliphatic hydroxyl groups is 1. The summed E-state index contributed by atoms with van der Waals surface area (Å²) in [6.45, 7) is 3.67. The molecule has 198 valence electrons. The number of rotatable bonds is 8. The van der Waals surface area contributed by atoms with Crippen LogP contribution in [-0.4, -0.2) is 79.9 Å². The molecule has 4 atom stereocenters. The first-order valence-electron chi connectivity index (χ1n) is 11.9. The topological polar surface area (TPSA) is 147 Å². The lowest BCUT2D eigenvalue weighted by Crippen LogP contribution is -2.43. The Morgan fingerprint density at radius 3 is 2.59 bits per heavy atom. The highest BCUT2D eigenvalue weighted by molar-refractivity contribution is 5.94. The maximum atomic E-state index is 12.8. The first-order chi connectivity index (χ1) is 17.7. The summed E-state index contributed by atoms with van der Waals surface area (Å²) in [5.74, 6) is -2.22. The molecule has 0 aromatic heterocycles. The zero-order valence-corrected chi connectivity index (χ0v) is 20.5. The van der Waals surface area contributed by atoms with Gasteiger partial charge in [-0.1, -0.05) is 26.0 Å². The van der Waals surface area contributed by atoms with Crippen LogP contribution in [0.25, 0.3) is 6.08 Å². The van der Waals surface area contributed by atoms with Crippen LogP contribution in [0.2, 0.25) is 0 Å². The molecule has 1 amide bonds. The SMILES string of the molecule is CC1(C)COC(=O)C1OC(=O)C=Cc1ccc(C(=O)OC2CC(C(=O)NCCO)=CC3OCOC32)cc1. The monoisotopic (exact) mass is 515 g/mol. The summed E-state index contributed by atoms with van der Waals surface area (Å²) in [7, 11) is 0. The molecule has 37 heavy (non-hydrogen) atoms. The molecule has 1 aliphatic carbocycles. The van der Waals surface area contributed by atoms with E-state index >= 15 is 0 Å². The van der Waals surface area contributed by atoms with E-state index in [2.05, 4.69) is 5.32 Å². The van der Waals surface area contributed by atoms with Gasteiger partial charge in [0.15, 0.2) is 0 Å². The van der Waals surface area contributed by atoms with Gasteiger partial charge in [0.1, 0.15) is 31.7 Å². The minimum atomic E-state index is -0.966. The number of nitrogens with one attached hydrogen (secondary N) is 1. The predicted molar refractivity (Wildman–Crippen MR) is 127 cm³/mol. The molecule has 2 aliphatic heterocycles. The first kappa shape index (κ1) is 26.5. The van der Waals surface area contributed by atoms with Crippen LogP contribution in [0.1, 0.15) is 36.2 Å². The van der Waals surface area contributed by atoms with Gasteiger partial charge in [0.05, 0.1) is 12.2 Å². The van der Waals surface area contributed by atoms with Gasteiger partial charge in [0.2, 0.25) is 12.0 Å². The van der Waals surface area contributed by atoms with Crippen molar-refractivity contribution in [1.29, 1.82) is 0 Å². The van der Waals surface area contributed by atoms with Crippen LogP contribution in [-0.2, 0) is 38.1 Å². The molecule has 2 N–H and O–H groups in total.